The van der Waals surface area contributed by atoms with E-state index >= 15 is 0 Å². The SMILES string of the molecule is Cc1cc(C)c(N2C=[N+](c3c(C)cc(C)cc3C)[C@@H](c3ccccc3)[C@@H]2c2ccccc2)c(C)c1. The van der Waals surface area contributed by atoms with E-state index in [0.717, 1.165) is 0 Å². The second-order valence-electron chi connectivity index (χ2n) is 10.1. The first-order valence-electron chi connectivity index (χ1n) is 12.5. The van der Waals surface area contributed by atoms with Gasteiger partial charge in [-0.2, -0.15) is 0 Å². The van der Waals surface area contributed by atoms with Crippen molar-refractivity contribution in [2.24, 2.45) is 0 Å². The highest BCUT2D eigenvalue weighted by molar-refractivity contribution is 5.84. The summed E-state index contributed by atoms with van der Waals surface area (Å²) in [4.78, 5) is 2.52. The molecule has 0 fully saturated rings. The van der Waals surface area contributed by atoms with Crippen LogP contribution in [-0.4, -0.2) is 10.9 Å². The van der Waals surface area contributed by atoms with Gasteiger partial charge in [0.1, 0.15) is 11.4 Å². The van der Waals surface area contributed by atoms with Gasteiger partial charge in [0.2, 0.25) is 6.34 Å². The summed E-state index contributed by atoms with van der Waals surface area (Å²) in [6.45, 7) is 13.3. The van der Waals surface area contributed by atoms with Gasteiger partial charge in [-0.1, -0.05) is 96.1 Å². The highest BCUT2D eigenvalue weighted by Gasteiger charge is 2.47. The van der Waals surface area contributed by atoms with Crippen molar-refractivity contribution in [2.75, 3.05) is 4.90 Å². The van der Waals surface area contributed by atoms with Crippen LogP contribution in [0, 0.1) is 41.5 Å². The summed E-state index contributed by atoms with van der Waals surface area (Å²) < 4.78 is 2.52. The average Bonchev–Trinajstić information content (AvgIpc) is 3.18. The van der Waals surface area contributed by atoms with Crippen LogP contribution in [0.3, 0.4) is 0 Å². The molecule has 5 rings (SSSR count). The molecule has 35 heavy (non-hydrogen) atoms. The highest BCUT2D eigenvalue weighted by Crippen LogP contribution is 2.47. The smallest absolute Gasteiger partial charge is 0.221 e. The fraction of sp³-hybridized carbons (Fsp3) is 0.242. The molecule has 0 aromatic heterocycles. The van der Waals surface area contributed by atoms with Crippen molar-refractivity contribution >= 4 is 17.7 Å². The molecule has 1 aliphatic heterocycles. The Balaban J connectivity index is 1.82. The Kier molecular flexibility index (Phi) is 6.06. The molecule has 176 valence electrons. The van der Waals surface area contributed by atoms with Crippen LogP contribution in [-0.2, 0) is 0 Å². The fourth-order valence-corrected chi connectivity index (χ4v) is 6.12. The molecular weight excluding hydrogens is 424 g/mol. The van der Waals surface area contributed by atoms with Gasteiger partial charge in [0.15, 0.2) is 12.1 Å². The summed E-state index contributed by atoms with van der Waals surface area (Å²) in [6.07, 6.45) is 2.37. The van der Waals surface area contributed by atoms with E-state index in [1.54, 1.807) is 0 Å². The molecule has 2 nitrogen and oxygen atoms in total. The Labute approximate surface area is 210 Å². The highest BCUT2D eigenvalue weighted by atomic mass is 15.3. The van der Waals surface area contributed by atoms with E-state index in [1.165, 1.54) is 55.9 Å². The molecule has 0 spiro atoms. The Bertz CT molecular complexity index is 1350. The van der Waals surface area contributed by atoms with E-state index in [2.05, 4.69) is 142 Å². The lowest BCUT2D eigenvalue weighted by atomic mass is 9.91. The third-order valence-corrected chi connectivity index (χ3v) is 7.22. The lowest BCUT2D eigenvalue weighted by Crippen LogP contribution is -2.27. The van der Waals surface area contributed by atoms with Crippen LogP contribution in [0.4, 0.5) is 11.4 Å². The fourth-order valence-electron chi connectivity index (χ4n) is 6.12. The molecule has 0 N–H and O–H groups in total. The first kappa shape index (κ1) is 23.1. The predicted octanol–water partition coefficient (Wildman–Crippen LogP) is 8.21. The Hall–Kier alpha value is -3.65. The van der Waals surface area contributed by atoms with Crippen LogP contribution in [0.2, 0.25) is 0 Å². The van der Waals surface area contributed by atoms with Crippen molar-refractivity contribution in [1.82, 2.24) is 0 Å². The van der Waals surface area contributed by atoms with E-state index in [-0.39, 0.29) is 12.1 Å². The Morgan fingerprint density at radius 1 is 0.571 bits per heavy atom. The zero-order chi connectivity index (χ0) is 24.7. The summed E-state index contributed by atoms with van der Waals surface area (Å²) in [5.74, 6) is 0. The first-order chi connectivity index (χ1) is 16.8. The van der Waals surface area contributed by atoms with Gasteiger partial charge in [0, 0.05) is 11.1 Å². The Morgan fingerprint density at radius 3 is 1.54 bits per heavy atom. The van der Waals surface area contributed by atoms with Gasteiger partial charge in [-0.05, 0) is 63.8 Å². The topological polar surface area (TPSA) is 6.25 Å². The van der Waals surface area contributed by atoms with Gasteiger partial charge in [-0.15, -0.1) is 0 Å². The summed E-state index contributed by atoms with van der Waals surface area (Å²) >= 11 is 0. The molecule has 4 aromatic rings. The van der Waals surface area contributed by atoms with Gasteiger partial charge in [-0.25, -0.2) is 9.48 Å². The summed E-state index contributed by atoms with van der Waals surface area (Å²) in [5.41, 5.74) is 13.1. The maximum Gasteiger partial charge on any atom is 0.245 e. The number of rotatable bonds is 4. The number of anilines is 1. The number of hydrogen-bond donors (Lipinski definition) is 0. The van der Waals surface area contributed by atoms with Gasteiger partial charge in [-0.3, -0.25) is 0 Å². The first-order valence-corrected chi connectivity index (χ1v) is 12.5. The number of hydrogen-bond acceptors (Lipinski definition) is 1. The van der Waals surface area contributed by atoms with Crippen molar-refractivity contribution in [1.29, 1.82) is 0 Å². The molecule has 0 unspecified atom stereocenters. The van der Waals surface area contributed by atoms with E-state index < -0.39 is 0 Å². The van der Waals surface area contributed by atoms with Crippen molar-refractivity contribution < 1.29 is 4.58 Å². The predicted molar refractivity (Wildman–Crippen MR) is 148 cm³/mol. The minimum atomic E-state index is 0.138. The standard InChI is InChI=1S/C33H35N2/c1-22-17-24(3)30(25(4)18-22)34-21-35(31-26(5)19-23(2)20-27(31)6)33(29-15-11-8-12-16-29)32(34)28-13-9-7-10-14-28/h7-21,32-33H,1-6H3/q+1/t32-,33-/m0/s1. The maximum atomic E-state index is 2.52. The molecule has 2 heteroatoms. The molecule has 0 aliphatic carbocycles. The van der Waals surface area contributed by atoms with Crippen LogP contribution in [0.5, 0.6) is 0 Å². The third-order valence-electron chi connectivity index (χ3n) is 7.22. The van der Waals surface area contributed by atoms with Crippen LogP contribution < -0.4 is 4.90 Å². The van der Waals surface area contributed by atoms with E-state index in [4.69, 9.17) is 0 Å². The number of nitrogens with zero attached hydrogens (tertiary/aromatic N) is 2. The minimum absolute atomic E-state index is 0.138. The van der Waals surface area contributed by atoms with E-state index in [1.807, 2.05) is 0 Å². The largest absolute Gasteiger partial charge is 0.245 e. The quantitative estimate of drug-likeness (QED) is 0.279. The normalized spacial score (nSPS) is 17.5. The Morgan fingerprint density at radius 2 is 1.03 bits per heavy atom. The maximum absolute atomic E-state index is 2.52. The van der Waals surface area contributed by atoms with E-state index in [0.29, 0.717) is 0 Å². The molecule has 0 bridgehead atoms. The molecule has 0 saturated carbocycles. The second kappa shape index (κ2) is 9.19. The minimum Gasteiger partial charge on any atom is -0.221 e. The molecule has 1 aliphatic rings. The van der Waals surface area contributed by atoms with Crippen molar-refractivity contribution in [3.63, 3.8) is 0 Å². The molecule has 0 radical (unpaired) electrons. The summed E-state index contributed by atoms with van der Waals surface area (Å²) in [6, 6.07) is 31.5. The van der Waals surface area contributed by atoms with Gasteiger partial charge >= 0.3 is 0 Å². The van der Waals surface area contributed by atoms with Crippen LogP contribution in [0.25, 0.3) is 0 Å². The zero-order valence-corrected chi connectivity index (χ0v) is 21.7. The zero-order valence-electron chi connectivity index (χ0n) is 21.7. The van der Waals surface area contributed by atoms with Gasteiger partial charge in [0.05, 0.1) is 0 Å². The van der Waals surface area contributed by atoms with Crippen LogP contribution in [0.15, 0.2) is 84.9 Å². The van der Waals surface area contributed by atoms with Gasteiger partial charge in [0.25, 0.3) is 0 Å². The second-order valence-corrected chi connectivity index (χ2v) is 10.1. The number of aryl methyl sites for hydroxylation is 6. The molecular formula is C33H35N2+. The summed E-state index contributed by atoms with van der Waals surface area (Å²) in [7, 11) is 0. The lowest BCUT2D eigenvalue weighted by molar-refractivity contribution is -0.482. The molecule has 0 saturated heterocycles. The van der Waals surface area contributed by atoms with Crippen molar-refractivity contribution in [3.8, 4) is 0 Å². The van der Waals surface area contributed by atoms with Crippen LogP contribution in [0.1, 0.15) is 56.6 Å². The average molecular weight is 460 g/mol. The monoisotopic (exact) mass is 459 g/mol. The summed E-state index contributed by atoms with van der Waals surface area (Å²) in [5, 5.41) is 0. The van der Waals surface area contributed by atoms with Crippen LogP contribution >= 0.6 is 0 Å². The van der Waals surface area contributed by atoms with E-state index in [9.17, 15) is 0 Å². The van der Waals surface area contributed by atoms with Crippen molar-refractivity contribution in [3.05, 3.63) is 129 Å². The van der Waals surface area contributed by atoms with Gasteiger partial charge < -0.3 is 0 Å². The number of benzene rings is 4. The third kappa shape index (κ3) is 4.18. The molecule has 4 aromatic carbocycles. The molecule has 2 atom stereocenters. The molecule has 1 heterocycles. The lowest BCUT2D eigenvalue weighted by Gasteiger charge is -2.26. The molecule has 0 amide bonds. The van der Waals surface area contributed by atoms with Crippen molar-refractivity contribution in [2.45, 2.75) is 53.6 Å².